The van der Waals surface area contributed by atoms with E-state index in [9.17, 15) is 0 Å². The first kappa shape index (κ1) is 16.8. The molecule has 1 aromatic heterocycles. The van der Waals surface area contributed by atoms with E-state index in [-0.39, 0.29) is 0 Å². The quantitative estimate of drug-likeness (QED) is 0.516. The summed E-state index contributed by atoms with van der Waals surface area (Å²) >= 11 is 3.37. The monoisotopic (exact) mass is 329 g/mol. The summed E-state index contributed by atoms with van der Waals surface area (Å²) in [4.78, 5) is 0. The molecule has 1 heterocycles. The molecule has 0 aliphatic heterocycles. The fourth-order valence-electron chi connectivity index (χ4n) is 2.41. The predicted octanol–water partition coefficient (Wildman–Crippen LogP) is 5.83. The Morgan fingerprint density at radius 2 is 1.74 bits per heavy atom. The largest absolute Gasteiger partial charge is 0.453 e. The van der Waals surface area contributed by atoms with Crippen LogP contribution in [0.5, 0.6) is 0 Å². The standard InChI is InChI=1S/C16H28BrNO/c1-3-5-6-7-8-9-10-11-14(18-4-2)15-12-13-16(17)19-15/h12-14,18H,3-11H2,1-2H3. The van der Waals surface area contributed by atoms with E-state index in [2.05, 4.69) is 41.2 Å². The van der Waals surface area contributed by atoms with Crippen molar-refractivity contribution in [3.05, 3.63) is 22.6 Å². The van der Waals surface area contributed by atoms with Crippen molar-refractivity contribution in [1.29, 1.82) is 0 Å². The van der Waals surface area contributed by atoms with Crippen LogP contribution in [0.3, 0.4) is 0 Å². The van der Waals surface area contributed by atoms with Gasteiger partial charge in [-0.25, -0.2) is 0 Å². The lowest BCUT2D eigenvalue weighted by molar-refractivity contribution is 0.380. The summed E-state index contributed by atoms with van der Waals surface area (Å²) in [5.74, 6) is 1.06. The van der Waals surface area contributed by atoms with Gasteiger partial charge in [-0.3, -0.25) is 0 Å². The van der Waals surface area contributed by atoms with E-state index in [1.165, 1.54) is 51.4 Å². The third-order valence-electron chi connectivity index (χ3n) is 3.48. The highest BCUT2D eigenvalue weighted by atomic mass is 79.9. The molecule has 19 heavy (non-hydrogen) atoms. The Morgan fingerprint density at radius 3 is 2.32 bits per heavy atom. The van der Waals surface area contributed by atoms with Gasteiger partial charge in [-0.05, 0) is 41.0 Å². The summed E-state index contributed by atoms with van der Waals surface area (Å²) in [5, 5.41) is 3.51. The molecule has 1 atom stereocenters. The molecule has 0 saturated heterocycles. The van der Waals surface area contributed by atoms with Gasteiger partial charge in [0, 0.05) is 0 Å². The Labute approximate surface area is 126 Å². The molecule has 0 bridgehead atoms. The van der Waals surface area contributed by atoms with Gasteiger partial charge in [0.15, 0.2) is 4.67 Å². The smallest absolute Gasteiger partial charge is 0.169 e. The van der Waals surface area contributed by atoms with Crippen molar-refractivity contribution in [1.82, 2.24) is 5.32 Å². The summed E-state index contributed by atoms with van der Waals surface area (Å²) < 4.78 is 6.49. The Bertz CT molecular complexity index is 324. The van der Waals surface area contributed by atoms with Crippen LogP contribution in [0, 0.1) is 0 Å². The molecule has 0 aliphatic rings. The molecular weight excluding hydrogens is 302 g/mol. The normalized spacial score (nSPS) is 12.8. The van der Waals surface area contributed by atoms with Crippen molar-refractivity contribution in [3.63, 3.8) is 0 Å². The lowest BCUT2D eigenvalue weighted by Gasteiger charge is -2.15. The maximum atomic E-state index is 5.66. The Morgan fingerprint density at radius 1 is 1.05 bits per heavy atom. The van der Waals surface area contributed by atoms with Gasteiger partial charge in [0.2, 0.25) is 0 Å². The van der Waals surface area contributed by atoms with Crippen molar-refractivity contribution in [2.24, 2.45) is 0 Å². The first-order valence-electron chi connectivity index (χ1n) is 7.76. The van der Waals surface area contributed by atoms with Crippen LogP contribution in [-0.2, 0) is 0 Å². The van der Waals surface area contributed by atoms with Crippen molar-refractivity contribution in [2.75, 3.05) is 6.54 Å². The van der Waals surface area contributed by atoms with Crippen LogP contribution in [-0.4, -0.2) is 6.54 Å². The molecule has 0 spiro atoms. The van der Waals surface area contributed by atoms with Gasteiger partial charge in [-0.2, -0.15) is 0 Å². The molecule has 1 N–H and O–H groups in total. The lowest BCUT2D eigenvalue weighted by Crippen LogP contribution is -2.20. The second-order valence-corrected chi connectivity index (χ2v) is 5.94. The van der Waals surface area contributed by atoms with E-state index >= 15 is 0 Å². The third-order valence-corrected chi connectivity index (χ3v) is 3.91. The molecular formula is C16H28BrNO. The van der Waals surface area contributed by atoms with Gasteiger partial charge < -0.3 is 9.73 Å². The first-order valence-corrected chi connectivity index (χ1v) is 8.55. The maximum absolute atomic E-state index is 5.66. The number of hydrogen-bond donors (Lipinski definition) is 1. The number of unbranched alkanes of at least 4 members (excludes halogenated alkanes) is 6. The zero-order chi connectivity index (χ0) is 13.9. The lowest BCUT2D eigenvalue weighted by atomic mass is 10.0. The molecule has 0 radical (unpaired) electrons. The molecule has 0 aromatic carbocycles. The minimum absolute atomic E-state index is 0.368. The van der Waals surface area contributed by atoms with Gasteiger partial charge in [-0.15, -0.1) is 0 Å². The van der Waals surface area contributed by atoms with E-state index in [0.717, 1.165) is 17.0 Å². The highest BCUT2D eigenvalue weighted by molar-refractivity contribution is 9.10. The van der Waals surface area contributed by atoms with E-state index in [1.54, 1.807) is 0 Å². The van der Waals surface area contributed by atoms with E-state index < -0.39 is 0 Å². The second-order valence-electron chi connectivity index (χ2n) is 5.16. The Kier molecular flexibility index (Phi) is 9.27. The van der Waals surface area contributed by atoms with Crippen LogP contribution in [0.25, 0.3) is 0 Å². The fraction of sp³-hybridized carbons (Fsp3) is 0.750. The van der Waals surface area contributed by atoms with Crippen LogP contribution >= 0.6 is 15.9 Å². The van der Waals surface area contributed by atoms with Crippen molar-refractivity contribution >= 4 is 15.9 Å². The molecule has 0 fully saturated rings. The van der Waals surface area contributed by atoms with Crippen molar-refractivity contribution in [3.8, 4) is 0 Å². The average molecular weight is 330 g/mol. The van der Waals surface area contributed by atoms with Crippen LogP contribution in [0.4, 0.5) is 0 Å². The van der Waals surface area contributed by atoms with E-state index in [1.807, 2.05) is 6.07 Å². The molecule has 1 aromatic rings. The summed E-state index contributed by atoms with van der Waals surface area (Å²) in [6, 6.07) is 4.41. The molecule has 1 unspecified atom stereocenters. The minimum atomic E-state index is 0.368. The highest BCUT2D eigenvalue weighted by Gasteiger charge is 2.13. The van der Waals surface area contributed by atoms with Crippen LogP contribution in [0.2, 0.25) is 0 Å². The molecule has 2 nitrogen and oxygen atoms in total. The van der Waals surface area contributed by atoms with Gasteiger partial charge in [0.1, 0.15) is 5.76 Å². The summed E-state index contributed by atoms with van der Waals surface area (Å²) in [6.45, 7) is 5.40. The van der Waals surface area contributed by atoms with Crippen molar-refractivity contribution < 1.29 is 4.42 Å². The molecule has 0 saturated carbocycles. The number of nitrogens with one attached hydrogen (secondary N) is 1. The number of hydrogen-bond acceptors (Lipinski definition) is 2. The Hall–Kier alpha value is -0.280. The second kappa shape index (κ2) is 10.5. The average Bonchev–Trinajstić information content (AvgIpc) is 2.83. The predicted molar refractivity (Wildman–Crippen MR) is 85.4 cm³/mol. The maximum Gasteiger partial charge on any atom is 0.169 e. The number of furan rings is 1. The summed E-state index contributed by atoms with van der Waals surface area (Å²) in [5.41, 5.74) is 0. The van der Waals surface area contributed by atoms with Gasteiger partial charge in [0.05, 0.1) is 6.04 Å². The highest BCUT2D eigenvalue weighted by Crippen LogP contribution is 2.24. The molecule has 0 amide bonds. The summed E-state index contributed by atoms with van der Waals surface area (Å²) in [7, 11) is 0. The SMILES string of the molecule is CCCCCCCCCC(NCC)c1ccc(Br)o1. The fourth-order valence-corrected chi connectivity index (χ4v) is 2.73. The van der Waals surface area contributed by atoms with E-state index in [4.69, 9.17) is 4.42 Å². The first-order chi connectivity index (χ1) is 9.27. The topological polar surface area (TPSA) is 25.2 Å². The third kappa shape index (κ3) is 7.17. The van der Waals surface area contributed by atoms with Crippen molar-refractivity contribution in [2.45, 2.75) is 71.3 Å². The van der Waals surface area contributed by atoms with E-state index in [0.29, 0.717) is 6.04 Å². The number of halogens is 1. The molecule has 0 aliphatic carbocycles. The van der Waals surface area contributed by atoms with Crippen LogP contribution in [0.1, 0.15) is 77.0 Å². The minimum Gasteiger partial charge on any atom is -0.453 e. The van der Waals surface area contributed by atoms with Gasteiger partial charge >= 0.3 is 0 Å². The van der Waals surface area contributed by atoms with Gasteiger partial charge in [-0.1, -0.05) is 58.8 Å². The molecule has 110 valence electrons. The molecule has 1 rings (SSSR count). The molecule has 3 heteroatoms. The van der Waals surface area contributed by atoms with Crippen LogP contribution < -0.4 is 5.32 Å². The zero-order valence-corrected chi connectivity index (χ0v) is 14.0. The number of rotatable bonds is 11. The van der Waals surface area contributed by atoms with Crippen LogP contribution in [0.15, 0.2) is 21.2 Å². The Balaban J connectivity index is 2.19. The summed E-state index contributed by atoms with van der Waals surface area (Å²) in [6.07, 6.45) is 10.7. The zero-order valence-electron chi connectivity index (χ0n) is 12.4. The van der Waals surface area contributed by atoms with Gasteiger partial charge in [0.25, 0.3) is 0 Å².